The van der Waals surface area contributed by atoms with Gasteiger partial charge >= 0.3 is 5.97 Å². The Morgan fingerprint density at radius 2 is 2.40 bits per heavy atom. The van der Waals surface area contributed by atoms with Crippen molar-refractivity contribution in [2.45, 2.75) is 32.4 Å². The van der Waals surface area contributed by atoms with Gasteiger partial charge in [0.05, 0.1) is 6.54 Å². The minimum atomic E-state index is -0.763. The second-order valence-electron chi connectivity index (χ2n) is 4.05. The molecule has 1 heterocycles. The minimum Gasteiger partial charge on any atom is -0.480 e. The summed E-state index contributed by atoms with van der Waals surface area (Å²) < 4.78 is 5.36. The third-order valence-electron chi connectivity index (χ3n) is 2.65. The van der Waals surface area contributed by atoms with Crippen LogP contribution in [0.15, 0.2) is 16.5 Å². The lowest BCUT2D eigenvalue weighted by atomic mass is 10.2. The average Bonchev–Trinajstić information content (AvgIpc) is 2.90. The molecule has 82 valence electrons. The SMILES string of the molecule is Cc1ccc(CNC(C(=O)O)C2CC2)o1. The second kappa shape index (κ2) is 4.06. The monoisotopic (exact) mass is 209 g/mol. The molecule has 2 rings (SSSR count). The molecule has 0 amide bonds. The lowest BCUT2D eigenvalue weighted by molar-refractivity contribution is -0.140. The lowest BCUT2D eigenvalue weighted by Crippen LogP contribution is -2.37. The molecular weight excluding hydrogens is 194 g/mol. The molecule has 15 heavy (non-hydrogen) atoms. The fourth-order valence-corrected chi connectivity index (χ4v) is 1.68. The van der Waals surface area contributed by atoms with Gasteiger partial charge in [0.2, 0.25) is 0 Å². The van der Waals surface area contributed by atoms with Gasteiger partial charge in [-0.25, -0.2) is 0 Å². The summed E-state index contributed by atoms with van der Waals surface area (Å²) in [5.74, 6) is 1.18. The van der Waals surface area contributed by atoms with Crippen LogP contribution < -0.4 is 5.32 Å². The molecule has 0 saturated heterocycles. The molecule has 2 N–H and O–H groups in total. The van der Waals surface area contributed by atoms with Crippen LogP contribution in [0.1, 0.15) is 24.4 Å². The Labute approximate surface area is 88.3 Å². The first-order valence-corrected chi connectivity index (χ1v) is 5.18. The second-order valence-corrected chi connectivity index (χ2v) is 4.05. The Morgan fingerprint density at radius 3 is 2.87 bits per heavy atom. The third-order valence-corrected chi connectivity index (χ3v) is 2.65. The first-order chi connectivity index (χ1) is 7.16. The van der Waals surface area contributed by atoms with Gasteiger partial charge in [0.25, 0.3) is 0 Å². The van der Waals surface area contributed by atoms with E-state index in [2.05, 4.69) is 5.32 Å². The predicted octanol–water partition coefficient (Wildman–Crippen LogP) is 1.54. The van der Waals surface area contributed by atoms with E-state index in [-0.39, 0.29) is 0 Å². The van der Waals surface area contributed by atoms with Crippen LogP contribution in [0, 0.1) is 12.8 Å². The van der Waals surface area contributed by atoms with E-state index in [9.17, 15) is 4.79 Å². The van der Waals surface area contributed by atoms with E-state index >= 15 is 0 Å². The number of aliphatic carboxylic acids is 1. The number of rotatable bonds is 5. The molecule has 1 saturated carbocycles. The van der Waals surface area contributed by atoms with Crippen molar-refractivity contribution in [3.63, 3.8) is 0 Å². The van der Waals surface area contributed by atoms with Gasteiger partial charge in [-0.05, 0) is 37.8 Å². The summed E-state index contributed by atoms with van der Waals surface area (Å²) in [5, 5.41) is 12.0. The van der Waals surface area contributed by atoms with E-state index in [1.165, 1.54) is 0 Å². The van der Waals surface area contributed by atoms with E-state index in [1.54, 1.807) is 0 Å². The average molecular weight is 209 g/mol. The van der Waals surface area contributed by atoms with Crippen LogP contribution in [-0.2, 0) is 11.3 Å². The molecule has 1 aliphatic carbocycles. The van der Waals surface area contributed by atoms with Gasteiger partial charge in [0, 0.05) is 0 Å². The summed E-state index contributed by atoms with van der Waals surface area (Å²) in [5.41, 5.74) is 0. The third kappa shape index (κ3) is 2.59. The highest BCUT2D eigenvalue weighted by Crippen LogP contribution is 2.32. The van der Waals surface area contributed by atoms with Crippen LogP contribution in [0.2, 0.25) is 0 Å². The summed E-state index contributed by atoms with van der Waals surface area (Å²) >= 11 is 0. The molecule has 4 nitrogen and oxygen atoms in total. The predicted molar refractivity (Wildman–Crippen MR) is 54.4 cm³/mol. The Balaban J connectivity index is 1.87. The quantitative estimate of drug-likeness (QED) is 0.772. The van der Waals surface area contributed by atoms with Crippen molar-refractivity contribution in [1.29, 1.82) is 0 Å². The smallest absolute Gasteiger partial charge is 0.320 e. The molecule has 0 spiro atoms. The van der Waals surface area contributed by atoms with Crippen LogP contribution in [-0.4, -0.2) is 17.1 Å². The topological polar surface area (TPSA) is 62.5 Å². The van der Waals surface area contributed by atoms with Crippen molar-refractivity contribution < 1.29 is 14.3 Å². The zero-order valence-electron chi connectivity index (χ0n) is 8.69. The number of aryl methyl sites for hydroxylation is 1. The number of hydrogen-bond acceptors (Lipinski definition) is 3. The van der Waals surface area contributed by atoms with Crippen molar-refractivity contribution in [2.24, 2.45) is 5.92 Å². The largest absolute Gasteiger partial charge is 0.480 e. The van der Waals surface area contributed by atoms with Crippen molar-refractivity contribution >= 4 is 5.97 Å². The van der Waals surface area contributed by atoms with Gasteiger partial charge in [-0.2, -0.15) is 0 Å². The molecule has 1 fully saturated rings. The Hall–Kier alpha value is -1.29. The molecular formula is C11H15NO3. The normalized spacial score (nSPS) is 17.7. The number of nitrogens with one attached hydrogen (secondary N) is 1. The maximum Gasteiger partial charge on any atom is 0.320 e. The Bertz CT molecular complexity index is 354. The molecule has 1 aliphatic rings. The zero-order chi connectivity index (χ0) is 10.8. The highest BCUT2D eigenvalue weighted by molar-refractivity contribution is 5.74. The van der Waals surface area contributed by atoms with E-state index in [0.717, 1.165) is 24.4 Å². The summed E-state index contributed by atoms with van der Waals surface area (Å²) in [6.07, 6.45) is 2.03. The molecule has 0 radical (unpaired) electrons. The summed E-state index contributed by atoms with van der Waals surface area (Å²) in [4.78, 5) is 10.9. The van der Waals surface area contributed by atoms with E-state index in [1.807, 2.05) is 19.1 Å². The summed E-state index contributed by atoms with van der Waals surface area (Å²) in [7, 11) is 0. The first-order valence-electron chi connectivity index (χ1n) is 5.18. The molecule has 0 aliphatic heterocycles. The molecule has 0 bridgehead atoms. The first kappa shape index (κ1) is 10.2. The minimum absolute atomic E-state index is 0.304. The van der Waals surface area contributed by atoms with Crippen molar-refractivity contribution in [3.8, 4) is 0 Å². The number of carboxylic acid groups (broad SMARTS) is 1. The van der Waals surface area contributed by atoms with Gasteiger partial charge in [-0.15, -0.1) is 0 Å². The van der Waals surface area contributed by atoms with Crippen molar-refractivity contribution in [3.05, 3.63) is 23.7 Å². The number of furan rings is 1. The summed E-state index contributed by atoms with van der Waals surface area (Å²) in [6, 6.07) is 3.33. The number of carbonyl (C=O) groups is 1. The van der Waals surface area contributed by atoms with E-state index in [0.29, 0.717) is 12.5 Å². The fraction of sp³-hybridized carbons (Fsp3) is 0.545. The lowest BCUT2D eigenvalue weighted by Gasteiger charge is -2.11. The highest BCUT2D eigenvalue weighted by atomic mass is 16.4. The maximum absolute atomic E-state index is 10.9. The van der Waals surface area contributed by atoms with Crippen LogP contribution >= 0.6 is 0 Å². The molecule has 1 aromatic rings. The molecule has 1 aromatic heterocycles. The van der Waals surface area contributed by atoms with Crippen LogP contribution in [0.25, 0.3) is 0 Å². The summed E-state index contributed by atoms with van der Waals surface area (Å²) in [6.45, 7) is 2.36. The van der Waals surface area contributed by atoms with Gasteiger partial charge in [-0.1, -0.05) is 0 Å². The Morgan fingerprint density at radius 1 is 1.67 bits per heavy atom. The van der Waals surface area contributed by atoms with Gasteiger partial charge in [-0.3, -0.25) is 10.1 Å². The van der Waals surface area contributed by atoms with E-state index in [4.69, 9.17) is 9.52 Å². The molecule has 4 heteroatoms. The fourth-order valence-electron chi connectivity index (χ4n) is 1.68. The molecule has 1 atom stereocenters. The van der Waals surface area contributed by atoms with Crippen molar-refractivity contribution in [1.82, 2.24) is 5.32 Å². The molecule has 1 unspecified atom stereocenters. The van der Waals surface area contributed by atoms with Gasteiger partial charge in [0.15, 0.2) is 0 Å². The number of carboxylic acids is 1. The van der Waals surface area contributed by atoms with E-state index < -0.39 is 12.0 Å². The van der Waals surface area contributed by atoms with Crippen LogP contribution in [0.5, 0.6) is 0 Å². The van der Waals surface area contributed by atoms with Gasteiger partial charge in [0.1, 0.15) is 17.6 Å². The maximum atomic E-state index is 10.9. The zero-order valence-corrected chi connectivity index (χ0v) is 8.69. The van der Waals surface area contributed by atoms with Gasteiger partial charge < -0.3 is 9.52 Å². The van der Waals surface area contributed by atoms with Crippen LogP contribution in [0.3, 0.4) is 0 Å². The van der Waals surface area contributed by atoms with Crippen LogP contribution in [0.4, 0.5) is 0 Å². The van der Waals surface area contributed by atoms with Crippen molar-refractivity contribution in [2.75, 3.05) is 0 Å². The highest BCUT2D eigenvalue weighted by Gasteiger charge is 2.35. The number of hydrogen-bond donors (Lipinski definition) is 2. The Kier molecular flexibility index (Phi) is 2.77. The standard InChI is InChI=1S/C11H15NO3/c1-7-2-5-9(15-7)6-12-10(11(13)14)8-3-4-8/h2,5,8,10,12H,3-4,6H2,1H3,(H,13,14). The molecule has 0 aromatic carbocycles.